The Bertz CT molecular complexity index is 1700. The zero-order chi connectivity index (χ0) is 27.8. The summed E-state index contributed by atoms with van der Waals surface area (Å²) in [6, 6.07) is 33.8. The summed E-state index contributed by atoms with van der Waals surface area (Å²) in [5, 5.41) is 0. The van der Waals surface area contributed by atoms with Crippen molar-refractivity contribution in [3.63, 3.8) is 0 Å². The Morgan fingerprint density at radius 3 is 1.64 bits per heavy atom. The van der Waals surface area contributed by atoms with Crippen LogP contribution in [-0.2, 0) is 15.6 Å². The first-order valence-corrected chi connectivity index (χ1v) is 15.0. The van der Waals surface area contributed by atoms with Crippen LogP contribution in [-0.4, -0.2) is 8.42 Å². The lowest BCUT2D eigenvalue weighted by molar-refractivity contribution is 0.457. The molecule has 0 N–H and O–H groups in total. The van der Waals surface area contributed by atoms with Crippen LogP contribution >= 0.6 is 0 Å². The molecule has 0 saturated heterocycles. The second-order valence-corrected chi connectivity index (χ2v) is 13.8. The fourth-order valence-corrected chi connectivity index (χ4v) is 8.37. The van der Waals surface area contributed by atoms with Crippen molar-refractivity contribution in [2.24, 2.45) is 10.8 Å². The van der Waals surface area contributed by atoms with E-state index in [1.807, 2.05) is 55.5 Å². The topological polar surface area (TPSA) is 37.4 Å². The number of anilines is 1. The molecule has 6 rings (SSSR count). The number of rotatable bonds is 4. The minimum Gasteiger partial charge on any atom is -0.246 e. The molecule has 0 radical (unpaired) electrons. The maximum atomic E-state index is 15.0. The van der Waals surface area contributed by atoms with Crippen LogP contribution in [0.15, 0.2) is 114 Å². The van der Waals surface area contributed by atoms with Crippen molar-refractivity contribution < 1.29 is 8.42 Å². The van der Waals surface area contributed by atoms with Crippen LogP contribution in [0.5, 0.6) is 0 Å². The molecular weight excluding hydrogens is 498 g/mol. The van der Waals surface area contributed by atoms with Crippen LogP contribution in [0.1, 0.15) is 55.5 Å². The van der Waals surface area contributed by atoms with Gasteiger partial charge in [-0.25, -0.2) is 12.7 Å². The van der Waals surface area contributed by atoms with E-state index in [4.69, 9.17) is 0 Å². The van der Waals surface area contributed by atoms with Gasteiger partial charge in [-0.05, 0) is 59.6 Å². The summed E-state index contributed by atoms with van der Waals surface area (Å²) < 4.78 is 31.6. The highest BCUT2D eigenvalue weighted by atomic mass is 32.2. The number of sulfonamides is 1. The Labute approximate surface area is 232 Å². The third kappa shape index (κ3) is 3.44. The van der Waals surface area contributed by atoms with Gasteiger partial charge in [0.2, 0.25) is 0 Å². The highest BCUT2D eigenvalue weighted by Gasteiger charge is 2.67. The summed E-state index contributed by atoms with van der Waals surface area (Å²) in [7, 11) is -4.00. The normalized spacial score (nSPS) is 21.1. The van der Waals surface area contributed by atoms with E-state index < -0.39 is 15.6 Å². The summed E-state index contributed by atoms with van der Waals surface area (Å²) in [6.07, 6.45) is 0. The smallest absolute Gasteiger partial charge is 0.246 e. The molecule has 4 aromatic rings. The third-order valence-corrected chi connectivity index (χ3v) is 11.1. The number of hydrogen-bond donors (Lipinski definition) is 0. The van der Waals surface area contributed by atoms with E-state index in [9.17, 15) is 8.42 Å². The van der Waals surface area contributed by atoms with Gasteiger partial charge in [-0.2, -0.15) is 0 Å². The van der Waals surface area contributed by atoms with Gasteiger partial charge >= 0.3 is 0 Å². The molecule has 1 fully saturated rings. The quantitative estimate of drug-likeness (QED) is 0.265. The molecule has 1 aliphatic carbocycles. The van der Waals surface area contributed by atoms with Gasteiger partial charge in [0.25, 0.3) is 10.0 Å². The summed E-state index contributed by atoms with van der Waals surface area (Å²) in [4.78, 5) is 0.288. The van der Waals surface area contributed by atoms with Gasteiger partial charge in [-0.3, -0.25) is 0 Å². The number of benzene rings is 4. The van der Waals surface area contributed by atoms with Crippen molar-refractivity contribution in [1.29, 1.82) is 0 Å². The maximum absolute atomic E-state index is 15.0. The molecule has 4 heteroatoms. The van der Waals surface area contributed by atoms with Gasteiger partial charge in [0.15, 0.2) is 0 Å². The summed E-state index contributed by atoms with van der Waals surface area (Å²) in [5.41, 5.74) is 6.83. The third-order valence-electron chi connectivity index (χ3n) is 9.28. The number of para-hydroxylation sites is 1. The molecule has 1 atom stereocenters. The van der Waals surface area contributed by atoms with Crippen LogP contribution in [0.25, 0.3) is 5.57 Å². The number of aryl methyl sites for hydroxylation is 2. The zero-order valence-electron chi connectivity index (χ0n) is 23.5. The van der Waals surface area contributed by atoms with Crippen molar-refractivity contribution in [2.75, 3.05) is 4.31 Å². The SMILES string of the molecule is Cc1ccc(C2(c3ccccc3)C(=C3C(C)(C)C3(C)C)c3ccccc3N2S(=O)(=O)c2ccc(C)cc2)cc1. The van der Waals surface area contributed by atoms with Gasteiger partial charge in [-0.1, -0.05) is 129 Å². The molecule has 198 valence electrons. The minimum absolute atomic E-state index is 0.0934. The predicted octanol–water partition coefficient (Wildman–Crippen LogP) is 8.28. The van der Waals surface area contributed by atoms with Crippen molar-refractivity contribution in [3.05, 3.63) is 137 Å². The molecule has 1 saturated carbocycles. The Hall–Kier alpha value is -3.63. The van der Waals surface area contributed by atoms with E-state index in [0.717, 1.165) is 33.4 Å². The van der Waals surface area contributed by atoms with E-state index in [2.05, 4.69) is 77.1 Å². The van der Waals surface area contributed by atoms with Gasteiger partial charge in [-0.15, -0.1) is 0 Å². The van der Waals surface area contributed by atoms with E-state index in [0.29, 0.717) is 5.69 Å². The molecule has 0 aromatic heterocycles. The molecule has 39 heavy (non-hydrogen) atoms. The molecule has 1 aliphatic heterocycles. The fourth-order valence-electron chi connectivity index (χ4n) is 6.60. The van der Waals surface area contributed by atoms with Gasteiger partial charge in [0.1, 0.15) is 5.54 Å². The standard InChI is InChI=1S/C35H35NO2S/c1-24-16-20-27(21-17-24)35(26-12-8-7-9-13-26)31(32-33(3,4)34(32,5)6)29-14-10-11-15-30(29)36(35)39(37,38)28-22-18-25(2)19-23-28/h7-23H,1-6H3. The van der Waals surface area contributed by atoms with Crippen molar-refractivity contribution >= 4 is 21.3 Å². The van der Waals surface area contributed by atoms with E-state index in [1.165, 1.54) is 5.57 Å². The maximum Gasteiger partial charge on any atom is 0.265 e. The van der Waals surface area contributed by atoms with Crippen LogP contribution < -0.4 is 4.31 Å². The van der Waals surface area contributed by atoms with E-state index in [1.54, 1.807) is 16.4 Å². The summed E-state index contributed by atoms with van der Waals surface area (Å²) in [5.74, 6) is 0. The van der Waals surface area contributed by atoms with E-state index in [-0.39, 0.29) is 15.7 Å². The molecule has 0 bridgehead atoms. The average Bonchev–Trinajstić information content (AvgIpc) is 3.16. The van der Waals surface area contributed by atoms with Crippen molar-refractivity contribution in [3.8, 4) is 0 Å². The lowest BCUT2D eigenvalue weighted by Gasteiger charge is -2.41. The monoisotopic (exact) mass is 533 g/mol. The molecule has 3 nitrogen and oxygen atoms in total. The Morgan fingerprint density at radius 2 is 1.08 bits per heavy atom. The summed E-state index contributed by atoms with van der Waals surface area (Å²) >= 11 is 0. The fraction of sp³-hybridized carbons (Fsp3) is 0.257. The Kier molecular flexibility index (Phi) is 5.54. The lowest BCUT2D eigenvalue weighted by atomic mass is 9.75. The van der Waals surface area contributed by atoms with Crippen molar-refractivity contribution in [1.82, 2.24) is 0 Å². The van der Waals surface area contributed by atoms with Crippen LogP contribution in [0, 0.1) is 24.7 Å². The first kappa shape index (κ1) is 25.6. The molecule has 0 amide bonds. The largest absolute Gasteiger partial charge is 0.265 e. The highest BCUT2D eigenvalue weighted by Crippen LogP contribution is 2.74. The Balaban J connectivity index is 1.83. The van der Waals surface area contributed by atoms with Gasteiger partial charge in [0, 0.05) is 5.56 Å². The lowest BCUT2D eigenvalue weighted by Crippen LogP contribution is -2.48. The highest BCUT2D eigenvalue weighted by molar-refractivity contribution is 7.93. The Morgan fingerprint density at radius 1 is 0.590 bits per heavy atom. The van der Waals surface area contributed by atoms with Crippen molar-refractivity contribution in [2.45, 2.75) is 52.0 Å². The van der Waals surface area contributed by atoms with Crippen LogP contribution in [0.2, 0.25) is 0 Å². The molecule has 4 aromatic carbocycles. The predicted molar refractivity (Wildman–Crippen MR) is 160 cm³/mol. The number of fused-ring (bicyclic) bond motifs is 1. The molecular formula is C35H35NO2S. The second-order valence-electron chi connectivity index (χ2n) is 12.0. The molecule has 0 spiro atoms. The molecule has 2 aliphatic rings. The number of hydrogen-bond acceptors (Lipinski definition) is 2. The first-order chi connectivity index (χ1) is 18.4. The number of allylic oxidation sites excluding steroid dienone is 1. The van der Waals surface area contributed by atoms with Crippen LogP contribution in [0.4, 0.5) is 5.69 Å². The molecule has 1 heterocycles. The van der Waals surface area contributed by atoms with Gasteiger partial charge in [0.05, 0.1) is 10.6 Å². The minimum atomic E-state index is -4.00. The first-order valence-electron chi connectivity index (χ1n) is 13.5. The summed E-state index contributed by atoms with van der Waals surface area (Å²) in [6.45, 7) is 13.2. The number of nitrogens with zero attached hydrogens (tertiary/aromatic N) is 1. The second kappa shape index (κ2) is 8.43. The zero-order valence-corrected chi connectivity index (χ0v) is 24.3. The van der Waals surface area contributed by atoms with Gasteiger partial charge < -0.3 is 0 Å². The van der Waals surface area contributed by atoms with Crippen LogP contribution in [0.3, 0.4) is 0 Å². The molecule has 1 unspecified atom stereocenters. The average molecular weight is 534 g/mol. The van der Waals surface area contributed by atoms with E-state index >= 15 is 0 Å².